The quantitative estimate of drug-likeness (QED) is 0.675. The first-order valence-electron chi connectivity index (χ1n) is 5.07. The molecule has 15 heavy (non-hydrogen) atoms. The number of amides is 1. The molecule has 0 aliphatic carbocycles. The Balaban J connectivity index is 4.20. The first-order chi connectivity index (χ1) is 6.88. The number of thiocarbonyl (C=S) groups is 1. The molecule has 0 aromatic rings. The maximum atomic E-state index is 11.5. The van der Waals surface area contributed by atoms with Gasteiger partial charge >= 0.3 is 0 Å². The van der Waals surface area contributed by atoms with Gasteiger partial charge in [0, 0.05) is 26.6 Å². The zero-order chi connectivity index (χ0) is 12.0. The second kappa shape index (κ2) is 6.74. The second-order valence-electron chi connectivity index (χ2n) is 3.94. The summed E-state index contributed by atoms with van der Waals surface area (Å²) in [5.41, 5.74) is 5.51. The summed E-state index contributed by atoms with van der Waals surface area (Å²) >= 11 is 4.88. The predicted octanol–water partition coefficient (Wildman–Crippen LogP) is 0.461. The highest BCUT2D eigenvalue weighted by molar-refractivity contribution is 7.80. The van der Waals surface area contributed by atoms with E-state index >= 15 is 0 Å². The van der Waals surface area contributed by atoms with Crippen molar-refractivity contribution in [1.29, 1.82) is 0 Å². The highest BCUT2D eigenvalue weighted by atomic mass is 32.1. The number of nitrogens with zero attached hydrogens (tertiary/aromatic N) is 2. The second-order valence-corrected chi connectivity index (χ2v) is 4.46. The molecule has 2 N–H and O–H groups in total. The Morgan fingerprint density at radius 2 is 1.93 bits per heavy atom. The van der Waals surface area contributed by atoms with Crippen LogP contribution in [0.5, 0.6) is 0 Å². The molecule has 0 rings (SSSR count). The van der Waals surface area contributed by atoms with Crippen LogP contribution in [-0.2, 0) is 4.79 Å². The molecular formula is C10H21N3OS. The normalized spacial score (nSPS) is 12.6. The molecule has 0 aromatic heterocycles. The van der Waals surface area contributed by atoms with E-state index in [9.17, 15) is 4.79 Å². The van der Waals surface area contributed by atoms with E-state index < -0.39 is 0 Å². The van der Waals surface area contributed by atoms with Crippen molar-refractivity contribution in [3.05, 3.63) is 0 Å². The molecule has 1 amide bonds. The topological polar surface area (TPSA) is 49.6 Å². The number of carbonyl (C=O) groups excluding carboxylic acids is 1. The van der Waals surface area contributed by atoms with Crippen LogP contribution in [0.4, 0.5) is 0 Å². The van der Waals surface area contributed by atoms with Crippen molar-refractivity contribution in [1.82, 2.24) is 9.80 Å². The molecule has 1 unspecified atom stereocenters. The molecule has 1 atom stereocenters. The van der Waals surface area contributed by atoms with E-state index in [2.05, 4.69) is 6.92 Å². The highest BCUT2D eigenvalue weighted by Crippen LogP contribution is 2.06. The van der Waals surface area contributed by atoms with E-state index in [4.69, 9.17) is 18.0 Å². The van der Waals surface area contributed by atoms with Crippen molar-refractivity contribution < 1.29 is 4.79 Å². The molecule has 0 aromatic carbocycles. The van der Waals surface area contributed by atoms with Crippen molar-refractivity contribution >= 4 is 23.1 Å². The number of hydrogen-bond donors (Lipinski definition) is 1. The molecule has 4 nitrogen and oxygen atoms in total. The number of nitrogens with two attached hydrogens (primary N) is 1. The van der Waals surface area contributed by atoms with Crippen LogP contribution in [0.15, 0.2) is 0 Å². The van der Waals surface area contributed by atoms with Crippen LogP contribution in [-0.4, -0.2) is 54.4 Å². The molecule has 0 radical (unpaired) electrons. The minimum Gasteiger partial charge on any atom is -0.393 e. The first kappa shape index (κ1) is 14.3. The zero-order valence-corrected chi connectivity index (χ0v) is 10.8. The third kappa shape index (κ3) is 5.69. The monoisotopic (exact) mass is 231 g/mol. The van der Waals surface area contributed by atoms with E-state index in [0.717, 1.165) is 6.42 Å². The van der Waals surface area contributed by atoms with Crippen LogP contribution in [0.3, 0.4) is 0 Å². The fourth-order valence-corrected chi connectivity index (χ4v) is 1.52. The lowest BCUT2D eigenvalue weighted by Gasteiger charge is -2.27. The standard InChI is InChI=1S/C10H21N3OS/c1-5-8(6-9(11)15)13(4)7-10(14)12(2)3/h8H,5-7H2,1-4H3,(H2,11,15). The molecule has 0 spiro atoms. The summed E-state index contributed by atoms with van der Waals surface area (Å²) in [6, 6.07) is 0.256. The third-order valence-electron chi connectivity index (χ3n) is 2.41. The van der Waals surface area contributed by atoms with Crippen molar-refractivity contribution in [2.75, 3.05) is 27.7 Å². The summed E-state index contributed by atoms with van der Waals surface area (Å²) in [5, 5.41) is 0. The van der Waals surface area contributed by atoms with Gasteiger partial charge < -0.3 is 10.6 Å². The Kier molecular flexibility index (Phi) is 6.43. The lowest BCUT2D eigenvalue weighted by molar-refractivity contribution is -0.130. The maximum Gasteiger partial charge on any atom is 0.236 e. The minimum atomic E-state index is 0.0962. The Hall–Kier alpha value is -0.680. The molecule has 0 fully saturated rings. The van der Waals surface area contributed by atoms with E-state index in [-0.39, 0.29) is 11.9 Å². The van der Waals surface area contributed by atoms with Crippen LogP contribution in [0, 0.1) is 0 Å². The van der Waals surface area contributed by atoms with Gasteiger partial charge in [0.05, 0.1) is 11.5 Å². The van der Waals surface area contributed by atoms with Gasteiger partial charge in [0.1, 0.15) is 0 Å². The number of hydrogen-bond acceptors (Lipinski definition) is 3. The van der Waals surface area contributed by atoms with Gasteiger partial charge in [-0.3, -0.25) is 9.69 Å². The first-order valence-corrected chi connectivity index (χ1v) is 5.48. The van der Waals surface area contributed by atoms with Gasteiger partial charge in [-0.15, -0.1) is 0 Å². The highest BCUT2D eigenvalue weighted by Gasteiger charge is 2.17. The van der Waals surface area contributed by atoms with E-state index in [0.29, 0.717) is 18.0 Å². The van der Waals surface area contributed by atoms with Crippen LogP contribution in [0.2, 0.25) is 0 Å². The summed E-state index contributed by atoms with van der Waals surface area (Å²) in [6.07, 6.45) is 1.61. The molecule has 0 heterocycles. The van der Waals surface area contributed by atoms with Crippen molar-refractivity contribution in [2.45, 2.75) is 25.8 Å². The SMILES string of the molecule is CCC(CC(N)=S)N(C)CC(=O)N(C)C. The van der Waals surface area contributed by atoms with Gasteiger partial charge in [0.2, 0.25) is 5.91 Å². The third-order valence-corrected chi connectivity index (χ3v) is 2.58. The average molecular weight is 231 g/mol. The molecule has 0 saturated carbocycles. The van der Waals surface area contributed by atoms with Crippen LogP contribution < -0.4 is 5.73 Å². The Morgan fingerprint density at radius 3 is 2.27 bits per heavy atom. The largest absolute Gasteiger partial charge is 0.393 e. The minimum absolute atomic E-state index is 0.0962. The van der Waals surface area contributed by atoms with E-state index in [1.807, 2.05) is 11.9 Å². The Labute approximate surface area is 97.4 Å². The number of likely N-dealkylation sites (N-methyl/N-ethyl adjacent to an activating group) is 2. The Morgan fingerprint density at radius 1 is 1.40 bits per heavy atom. The molecule has 0 saturated heterocycles. The molecule has 0 bridgehead atoms. The van der Waals surface area contributed by atoms with Crippen molar-refractivity contribution in [2.24, 2.45) is 5.73 Å². The smallest absolute Gasteiger partial charge is 0.236 e. The molecule has 5 heteroatoms. The van der Waals surface area contributed by atoms with Gasteiger partial charge in [0.25, 0.3) is 0 Å². The summed E-state index contributed by atoms with van der Waals surface area (Å²) < 4.78 is 0. The van der Waals surface area contributed by atoms with Gasteiger partial charge in [-0.1, -0.05) is 19.1 Å². The van der Waals surface area contributed by atoms with Crippen molar-refractivity contribution in [3.8, 4) is 0 Å². The molecule has 0 aliphatic rings. The lowest BCUT2D eigenvalue weighted by atomic mass is 10.1. The fourth-order valence-electron chi connectivity index (χ4n) is 1.33. The fraction of sp³-hybridized carbons (Fsp3) is 0.800. The van der Waals surface area contributed by atoms with E-state index in [1.54, 1.807) is 19.0 Å². The average Bonchev–Trinajstić information content (AvgIpc) is 2.13. The Bertz CT molecular complexity index is 231. The molecule has 0 aliphatic heterocycles. The predicted molar refractivity (Wildman–Crippen MR) is 66.8 cm³/mol. The zero-order valence-electron chi connectivity index (χ0n) is 9.99. The lowest BCUT2D eigenvalue weighted by Crippen LogP contribution is -2.41. The van der Waals surface area contributed by atoms with Gasteiger partial charge in [0.15, 0.2) is 0 Å². The van der Waals surface area contributed by atoms with Crippen LogP contribution in [0.25, 0.3) is 0 Å². The summed E-state index contributed by atoms with van der Waals surface area (Å²) in [6.45, 7) is 2.48. The van der Waals surface area contributed by atoms with Crippen LogP contribution >= 0.6 is 12.2 Å². The van der Waals surface area contributed by atoms with Gasteiger partial charge in [-0.05, 0) is 13.5 Å². The molecule has 88 valence electrons. The summed E-state index contributed by atoms with van der Waals surface area (Å²) in [4.78, 5) is 15.6. The van der Waals surface area contributed by atoms with Crippen LogP contribution in [0.1, 0.15) is 19.8 Å². The molecular weight excluding hydrogens is 210 g/mol. The van der Waals surface area contributed by atoms with Crippen molar-refractivity contribution in [3.63, 3.8) is 0 Å². The maximum absolute atomic E-state index is 11.5. The van der Waals surface area contributed by atoms with Gasteiger partial charge in [-0.2, -0.15) is 0 Å². The summed E-state index contributed by atoms with van der Waals surface area (Å²) in [7, 11) is 5.43. The van der Waals surface area contributed by atoms with E-state index in [1.165, 1.54) is 0 Å². The van der Waals surface area contributed by atoms with Gasteiger partial charge in [-0.25, -0.2) is 0 Å². The summed E-state index contributed by atoms with van der Waals surface area (Å²) in [5.74, 6) is 0.0962. The number of carbonyl (C=O) groups is 1. The number of rotatable bonds is 6.